The molecule has 0 amide bonds. The van der Waals surface area contributed by atoms with Crippen molar-refractivity contribution in [2.75, 3.05) is 6.54 Å². The molecule has 0 aliphatic carbocycles. The molecule has 0 bridgehead atoms. The molecule has 14 heavy (non-hydrogen) atoms. The largest absolute Gasteiger partial charge is 0.388 e. The number of nitrogens with two attached hydrogens (primary N) is 1. The molecule has 0 aromatic heterocycles. The van der Waals surface area contributed by atoms with Crippen LogP contribution in [0.1, 0.15) is 26.7 Å². The van der Waals surface area contributed by atoms with Gasteiger partial charge in [-0.3, -0.25) is 5.41 Å². The quantitative estimate of drug-likeness (QED) is 0.345. The fourth-order valence-corrected chi connectivity index (χ4v) is 2.14. The maximum Gasteiger partial charge on any atom is 0.277 e. The molecule has 0 aromatic carbocycles. The Labute approximate surface area is 85.0 Å². The third-order valence-corrected chi connectivity index (χ3v) is 2.93. The highest BCUT2D eigenvalue weighted by molar-refractivity contribution is 7.87. The van der Waals surface area contributed by atoms with Crippen LogP contribution in [0.3, 0.4) is 0 Å². The average molecular weight is 222 g/mol. The first-order valence-corrected chi connectivity index (χ1v) is 5.99. The Morgan fingerprint density at radius 1 is 1.50 bits per heavy atom. The molecule has 1 unspecified atom stereocenters. The van der Waals surface area contributed by atoms with Gasteiger partial charge in [-0.05, 0) is 6.42 Å². The van der Waals surface area contributed by atoms with Crippen molar-refractivity contribution in [3.8, 4) is 0 Å². The molecule has 0 aromatic rings. The molecule has 0 aliphatic heterocycles. The second-order valence-corrected chi connectivity index (χ2v) is 4.48. The van der Waals surface area contributed by atoms with Gasteiger partial charge in [0.05, 0.1) is 5.84 Å². The summed E-state index contributed by atoms with van der Waals surface area (Å²) < 4.78 is 27.2. The SMILES string of the molecule is CCNS(=O)(=O)NC(CC)CC(=N)N. The Morgan fingerprint density at radius 2 is 2.07 bits per heavy atom. The second kappa shape index (κ2) is 5.94. The van der Waals surface area contributed by atoms with Gasteiger partial charge in [0.1, 0.15) is 0 Å². The lowest BCUT2D eigenvalue weighted by Gasteiger charge is -2.15. The van der Waals surface area contributed by atoms with Crippen LogP contribution in [-0.4, -0.2) is 26.8 Å². The van der Waals surface area contributed by atoms with Crippen LogP contribution in [-0.2, 0) is 10.2 Å². The van der Waals surface area contributed by atoms with E-state index in [1.807, 2.05) is 6.92 Å². The van der Waals surface area contributed by atoms with Crippen molar-refractivity contribution >= 4 is 16.0 Å². The molecular formula is C7H18N4O2S. The van der Waals surface area contributed by atoms with Gasteiger partial charge in [0, 0.05) is 19.0 Å². The highest BCUT2D eigenvalue weighted by Gasteiger charge is 2.15. The van der Waals surface area contributed by atoms with E-state index in [0.29, 0.717) is 13.0 Å². The molecular weight excluding hydrogens is 204 g/mol. The van der Waals surface area contributed by atoms with Gasteiger partial charge >= 0.3 is 0 Å². The van der Waals surface area contributed by atoms with Crippen LogP contribution in [0.15, 0.2) is 0 Å². The Morgan fingerprint density at radius 3 is 2.43 bits per heavy atom. The van der Waals surface area contributed by atoms with Gasteiger partial charge in [0.2, 0.25) is 0 Å². The van der Waals surface area contributed by atoms with Crippen LogP contribution in [0, 0.1) is 5.41 Å². The van der Waals surface area contributed by atoms with Gasteiger partial charge in [-0.25, -0.2) is 4.72 Å². The fourth-order valence-electron chi connectivity index (χ4n) is 0.986. The van der Waals surface area contributed by atoms with Crippen molar-refractivity contribution in [2.45, 2.75) is 32.7 Å². The van der Waals surface area contributed by atoms with E-state index in [1.165, 1.54) is 0 Å². The Bertz CT molecular complexity index is 275. The molecule has 0 heterocycles. The molecule has 0 radical (unpaired) electrons. The standard InChI is InChI=1S/C7H18N4O2S/c1-3-6(5-7(8)9)11-14(12,13)10-4-2/h6,10-11H,3-5H2,1-2H3,(H3,8,9). The minimum Gasteiger partial charge on any atom is -0.388 e. The molecule has 0 rings (SSSR count). The number of amidine groups is 1. The third-order valence-electron chi connectivity index (χ3n) is 1.62. The van der Waals surface area contributed by atoms with Crippen LogP contribution in [0.5, 0.6) is 0 Å². The highest BCUT2D eigenvalue weighted by atomic mass is 32.2. The lowest BCUT2D eigenvalue weighted by Crippen LogP contribution is -2.43. The average Bonchev–Trinajstić information content (AvgIpc) is 2.01. The lowest BCUT2D eigenvalue weighted by atomic mass is 10.1. The summed E-state index contributed by atoms with van der Waals surface area (Å²) in [6.45, 7) is 3.87. The van der Waals surface area contributed by atoms with Crippen molar-refractivity contribution in [1.82, 2.24) is 9.44 Å². The molecule has 0 saturated heterocycles. The Balaban J connectivity index is 4.24. The van der Waals surface area contributed by atoms with Crippen LogP contribution >= 0.6 is 0 Å². The molecule has 5 N–H and O–H groups in total. The minimum absolute atomic E-state index is 0.0175. The predicted octanol–water partition coefficient (Wildman–Crippen LogP) is -0.465. The second-order valence-electron chi connectivity index (χ2n) is 2.95. The van der Waals surface area contributed by atoms with Crippen molar-refractivity contribution in [3.05, 3.63) is 0 Å². The van der Waals surface area contributed by atoms with Crippen molar-refractivity contribution in [2.24, 2.45) is 5.73 Å². The van der Waals surface area contributed by atoms with E-state index in [1.54, 1.807) is 6.92 Å². The maximum atomic E-state index is 11.2. The van der Waals surface area contributed by atoms with Crippen molar-refractivity contribution < 1.29 is 8.42 Å². The Kier molecular flexibility index (Phi) is 5.66. The summed E-state index contributed by atoms with van der Waals surface area (Å²) in [5.41, 5.74) is 5.19. The zero-order valence-corrected chi connectivity index (χ0v) is 9.32. The molecule has 0 fully saturated rings. The van der Waals surface area contributed by atoms with E-state index in [0.717, 1.165) is 0 Å². The number of nitrogens with one attached hydrogen (secondary N) is 3. The third kappa shape index (κ3) is 5.90. The van der Waals surface area contributed by atoms with Crippen molar-refractivity contribution in [3.63, 3.8) is 0 Å². The summed E-state index contributed by atoms with van der Waals surface area (Å²) in [5.74, 6) is -0.0175. The lowest BCUT2D eigenvalue weighted by molar-refractivity contribution is 0.535. The molecule has 0 spiro atoms. The molecule has 84 valence electrons. The summed E-state index contributed by atoms with van der Waals surface area (Å²) in [4.78, 5) is 0. The summed E-state index contributed by atoms with van der Waals surface area (Å²) in [7, 11) is -3.44. The molecule has 7 heteroatoms. The first-order valence-electron chi connectivity index (χ1n) is 4.51. The molecule has 0 aliphatic rings. The first kappa shape index (κ1) is 13.3. The smallest absolute Gasteiger partial charge is 0.277 e. The molecule has 6 nitrogen and oxygen atoms in total. The normalized spacial score (nSPS) is 13.9. The van der Waals surface area contributed by atoms with Crippen LogP contribution in [0.2, 0.25) is 0 Å². The van der Waals surface area contributed by atoms with E-state index >= 15 is 0 Å². The number of hydrogen-bond acceptors (Lipinski definition) is 3. The van der Waals surface area contributed by atoms with Gasteiger partial charge in [-0.15, -0.1) is 0 Å². The van der Waals surface area contributed by atoms with Gasteiger partial charge in [0.15, 0.2) is 0 Å². The molecule has 0 saturated carbocycles. The zero-order valence-electron chi connectivity index (χ0n) is 8.50. The molecule has 1 atom stereocenters. The number of rotatable bonds is 7. The first-order chi connectivity index (χ1) is 6.41. The van der Waals surface area contributed by atoms with E-state index < -0.39 is 10.2 Å². The van der Waals surface area contributed by atoms with Crippen molar-refractivity contribution in [1.29, 1.82) is 5.41 Å². The minimum atomic E-state index is -3.44. The van der Waals surface area contributed by atoms with Crippen LogP contribution in [0.4, 0.5) is 0 Å². The fraction of sp³-hybridized carbons (Fsp3) is 0.857. The zero-order chi connectivity index (χ0) is 11.2. The topological polar surface area (TPSA) is 108 Å². The predicted molar refractivity (Wildman–Crippen MR) is 56.3 cm³/mol. The van der Waals surface area contributed by atoms with E-state index in [9.17, 15) is 8.42 Å². The van der Waals surface area contributed by atoms with E-state index in [-0.39, 0.29) is 18.3 Å². The summed E-state index contributed by atoms with van der Waals surface area (Å²) >= 11 is 0. The number of hydrogen-bond donors (Lipinski definition) is 4. The highest BCUT2D eigenvalue weighted by Crippen LogP contribution is 1.98. The summed E-state index contributed by atoms with van der Waals surface area (Å²) in [6, 6.07) is -0.309. The van der Waals surface area contributed by atoms with Gasteiger partial charge in [-0.2, -0.15) is 13.1 Å². The monoisotopic (exact) mass is 222 g/mol. The Hall–Kier alpha value is -0.660. The van der Waals surface area contributed by atoms with E-state index in [4.69, 9.17) is 11.1 Å². The van der Waals surface area contributed by atoms with Gasteiger partial charge < -0.3 is 5.73 Å². The van der Waals surface area contributed by atoms with Gasteiger partial charge in [-0.1, -0.05) is 13.8 Å². The summed E-state index contributed by atoms with van der Waals surface area (Å²) in [5, 5.41) is 7.06. The summed E-state index contributed by atoms with van der Waals surface area (Å²) in [6.07, 6.45) is 0.839. The van der Waals surface area contributed by atoms with Gasteiger partial charge in [0.25, 0.3) is 10.2 Å². The van der Waals surface area contributed by atoms with Crippen LogP contribution in [0.25, 0.3) is 0 Å². The van der Waals surface area contributed by atoms with Crippen LogP contribution < -0.4 is 15.2 Å². The maximum absolute atomic E-state index is 11.2. The van der Waals surface area contributed by atoms with E-state index in [2.05, 4.69) is 9.44 Å².